The fourth-order valence-corrected chi connectivity index (χ4v) is 1.77. The standard InChI is InChI=1S/C9H13ClN6O2/c1-14-2-4-15(5-3-14)13-8-7(16(17)18)6-11-9(10)12-8/h6H,2-5H2,1H3,(H,11,12,13). The van der Waals surface area contributed by atoms with Gasteiger partial charge >= 0.3 is 5.69 Å². The lowest BCUT2D eigenvalue weighted by Crippen LogP contribution is -2.47. The minimum Gasteiger partial charge on any atom is -0.304 e. The molecule has 0 spiro atoms. The lowest BCUT2D eigenvalue weighted by molar-refractivity contribution is -0.384. The van der Waals surface area contributed by atoms with E-state index in [2.05, 4.69) is 20.3 Å². The maximum Gasteiger partial charge on any atom is 0.330 e. The second-order valence-corrected chi connectivity index (χ2v) is 4.37. The number of hydrazine groups is 1. The fraction of sp³-hybridized carbons (Fsp3) is 0.556. The maximum absolute atomic E-state index is 10.8. The summed E-state index contributed by atoms with van der Waals surface area (Å²) in [5.41, 5.74) is 2.74. The number of aromatic nitrogens is 2. The first-order chi connectivity index (χ1) is 8.56. The molecule has 0 saturated carbocycles. The van der Waals surface area contributed by atoms with Crippen molar-refractivity contribution in [2.45, 2.75) is 0 Å². The van der Waals surface area contributed by atoms with Gasteiger partial charge in [0, 0.05) is 26.2 Å². The van der Waals surface area contributed by atoms with Crippen molar-refractivity contribution in [3.8, 4) is 0 Å². The molecule has 2 heterocycles. The fourth-order valence-electron chi connectivity index (χ4n) is 1.64. The lowest BCUT2D eigenvalue weighted by atomic mass is 10.4. The number of hydrogen-bond acceptors (Lipinski definition) is 7. The molecule has 0 aliphatic carbocycles. The van der Waals surface area contributed by atoms with Crippen LogP contribution in [0.15, 0.2) is 6.20 Å². The first-order valence-corrected chi connectivity index (χ1v) is 5.81. The first kappa shape index (κ1) is 12.9. The summed E-state index contributed by atoms with van der Waals surface area (Å²) in [6, 6.07) is 0. The molecule has 0 bridgehead atoms. The van der Waals surface area contributed by atoms with Crippen LogP contribution in [0.3, 0.4) is 0 Å². The summed E-state index contributed by atoms with van der Waals surface area (Å²) in [7, 11) is 2.03. The van der Waals surface area contributed by atoms with Gasteiger partial charge in [0.1, 0.15) is 6.20 Å². The largest absolute Gasteiger partial charge is 0.330 e. The van der Waals surface area contributed by atoms with Crippen molar-refractivity contribution in [1.29, 1.82) is 0 Å². The lowest BCUT2D eigenvalue weighted by Gasteiger charge is -2.32. The molecule has 1 aromatic rings. The molecule has 2 rings (SSSR count). The Morgan fingerprint density at radius 1 is 1.44 bits per heavy atom. The Labute approximate surface area is 109 Å². The van der Waals surface area contributed by atoms with Crippen molar-refractivity contribution in [2.75, 3.05) is 38.7 Å². The summed E-state index contributed by atoms with van der Waals surface area (Å²) in [5, 5.41) is 12.7. The van der Waals surface area contributed by atoms with Gasteiger partial charge in [-0.05, 0) is 18.6 Å². The van der Waals surface area contributed by atoms with Gasteiger partial charge in [-0.3, -0.25) is 15.5 Å². The van der Waals surface area contributed by atoms with Crippen molar-refractivity contribution in [3.63, 3.8) is 0 Å². The van der Waals surface area contributed by atoms with Crippen molar-refractivity contribution in [1.82, 2.24) is 19.9 Å². The number of nitrogens with one attached hydrogen (secondary N) is 1. The van der Waals surface area contributed by atoms with Gasteiger partial charge in [-0.25, -0.2) is 9.99 Å². The molecule has 18 heavy (non-hydrogen) atoms. The summed E-state index contributed by atoms with van der Waals surface area (Å²) in [6.45, 7) is 3.30. The molecular weight excluding hydrogens is 260 g/mol. The molecule has 1 aliphatic rings. The average molecular weight is 273 g/mol. The molecule has 1 saturated heterocycles. The van der Waals surface area contributed by atoms with Crippen LogP contribution in [0.25, 0.3) is 0 Å². The zero-order valence-electron chi connectivity index (χ0n) is 9.84. The molecule has 9 heteroatoms. The molecular formula is C9H13ClN6O2. The molecule has 1 N–H and O–H groups in total. The molecule has 0 aromatic carbocycles. The van der Waals surface area contributed by atoms with E-state index in [1.807, 2.05) is 12.1 Å². The van der Waals surface area contributed by atoms with Crippen molar-refractivity contribution < 1.29 is 4.92 Å². The maximum atomic E-state index is 10.8. The molecule has 8 nitrogen and oxygen atoms in total. The minimum absolute atomic E-state index is 0.0165. The van der Waals surface area contributed by atoms with Gasteiger partial charge in [0.2, 0.25) is 11.1 Å². The second-order valence-electron chi connectivity index (χ2n) is 4.03. The van der Waals surface area contributed by atoms with E-state index in [1.54, 1.807) is 0 Å². The van der Waals surface area contributed by atoms with Crippen LogP contribution in [-0.2, 0) is 0 Å². The Morgan fingerprint density at radius 2 is 2.11 bits per heavy atom. The van der Waals surface area contributed by atoms with E-state index in [9.17, 15) is 10.1 Å². The third-order valence-corrected chi connectivity index (χ3v) is 2.89. The Kier molecular flexibility index (Phi) is 3.90. The summed E-state index contributed by atoms with van der Waals surface area (Å²) in [4.78, 5) is 20.0. The number of nitrogens with zero attached hydrogens (tertiary/aromatic N) is 5. The van der Waals surface area contributed by atoms with Crippen LogP contribution in [0.1, 0.15) is 0 Å². The quantitative estimate of drug-likeness (QED) is 0.490. The van der Waals surface area contributed by atoms with Crippen molar-refractivity contribution in [2.24, 2.45) is 0 Å². The normalized spacial score (nSPS) is 17.7. The first-order valence-electron chi connectivity index (χ1n) is 5.43. The highest BCUT2D eigenvalue weighted by molar-refractivity contribution is 6.28. The molecule has 0 atom stereocenters. The van der Waals surface area contributed by atoms with E-state index >= 15 is 0 Å². The van der Waals surface area contributed by atoms with Gasteiger partial charge in [-0.15, -0.1) is 0 Å². The molecule has 0 unspecified atom stereocenters. The second kappa shape index (κ2) is 5.42. The van der Waals surface area contributed by atoms with Crippen molar-refractivity contribution in [3.05, 3.63) is 21.6 Å². The number of anilines is 1. The Balaban J connectivity index is 2.12. The molecule has 0 amide bonds. The molecule has 98 valence electrons. The number of halogens is 1. The molecule has 1 fully saturated rings. The van der Waals surface area contributed by atoms with E-state index in [1.165, 1.54) is 0 Å². The Morgan fingerprint density at radius 3 is 2.72 bits per heavy atom. The van der Waals surface area contributed by atoms with E-state index < -0.39 is 4.92 Å². The smallest absolute Gasteiger partial charge is 0.304 e. The summed E-state index contributed by atoms with van der Waals surface area (Å²) < 4.78 is 0. The monoisotopic (exact) mass is 272 g/mol. The van der Waals surface area contributed by atoms with Crippen molar-refractivity contribution >= 4 is 23.1 Å². The highest BCUT2D eigenvalue weighted by Gasteiger charge is 2.21. The third-order valence-electron chi connectivity index (χ3n) is 2.70. The minimum atomic E-state index is -0.533. The SMILES string of the molecule is CN1CCN(Nc2nc(Cl)ncc2[N+](=O)[O-])CC1. The Bertz CT molecular complexity index is 449. The number of piperazine rings is 1. The van der Waals surface area contributed by atoms with Gasteiger partial charge in [0.25, 0.3) is 0 Å². The summed E-state index contributed by atoms with van der Waals surface area (Å²) in [6.07, 6.45) is 1.10. The van der Waals surface area contributed by atoms with Gasteiger partial charge < -0.3 is 4.90 Å². The molecule has 1 aliphatic heterocycles. The predicted octanol–water partition coefficient (Wildman–Crippen LogP) is 0.612. The van der Waals surface area contributed by atoms with Gasteiger partial charge in [-0.1, -0.05) is 0 Å². The van der Waals surface area contributed by atoms with E-state index in [0.29, 0.717) is 0 Å². The number of nitro groups is 1. The highest BCUT2D eigenvalue weighted by Crippen LogP contribution is 2.22. The predicted molar refractivity (Wildman–Crippen MR) is 66.4 cm³/mol. The van der Waals surface area contributed by atoms with Crippen LogP contribution in [-0.4, -0.2) is 58.0 Å². The summed E-state index contributed by atoms with van der Waals surface area (Å²) in [5.74, 6) is 0.129. The zero-order valence-corrected chi connectivity index (χ0v) is 10.6. The number of likely N-dealkylation sites (N-methyl/N-ethyl adjacent to an activating group) is 1. The van der Waals surface area contributed by atoms with Gasteiger partial charge in [-0.2, -0.15) is 4.98 Å². The topological polar surface area (TPSA) is 87.4 Å². The molecule has 0 radical (unpaired) electrons. The van der Waals surface area contributed by atoms with Crippen LogP contribution in [0, 0.1) is 10.1 Å². The van der Waals surface area contributed by atoms with E-state index in [-0.39, 0.29) is 16.8 Å². The van der Waals surface area contributed by atoms with Crippen LogP contribution in [0.2, 0.25) is 5.28 Å². The third kappa shape index (κ3) is 3.03. The van der Waals surface area contributed by atoms with E-state index in [4.69, 9.17) is 11.6 Å². The summed E-state index contributed by atoms with van der Waals surface area (Å²) >= 11 is 5.65. The number of rotatable bonds is 3. The van der Waals surface area contributed by atoms with Crippen LogP contribution in [0.4, 0.5) is 11.5 Å². The van der Waals surface area contributed by atoms with Crippen LogP contribution < -0.4 is 5.43 Å². The average Bonchev–Trinajstić information content (AvgIpc) is 2.32. The van der Waals surface area contributed by atoms with Crippen LogP contribution in [0.5, 0.6) is 0 Å². The molecule has 1 aromatic heterocycles. The van der Waals surface area contributed by atoms with Crippen LogP contribution >= 0.6 is 11.6 Å². The highest BCUT2D eigenvalue weighted by atomic mass is 35.5. The van der Waals surface area contributed by atoms with Gasteiger partial charge in [0.05, 0.1) is 4.92 Å². The zero-order chi connectivity index (χ0) is 13.1. The van der Waals surface area contributed by atoms with E-state index in [0.717, 1.165) is 32.4 Å². The van der Waals surface area contributed by atoms with Gasteiger partial charge in [0.15, 0.2) is 0 Å². The Hall–Kier alpha value is -1.51. The number of hydrogen-bond donors (Lipinski definition) is 1.